The molecular weight excluding hydrogens is 196 g/mol. The van der Waals surface area contributed by atoms with Gasteiger partial charge in [0.05, 0.1) is 0 Å². The summed E-state index contributed by atoms with van der Waals surface area (Å²) in [6.45, 7) is 4.38. The number of ketones is 1. The van der Waals surface area contributed by atoms with Gasteiger partial charge in [-0.2, -0.15) is 0 Å². The molecule has 1 heteroatoms. The fourth-order valence-corrected chi connectivity index (χ4v) is 2.59. The molecule has 0 amide bonds. The van der Waals surface area contributed by atoms with Crippen molar-refractivity contribution >= 4 is 5.78 Å². The first-order chi connectivity index (χ1) is 7.70. The molecule has 1 aliphatic carbocycles. The molecule has 1 fully saturated rings. The number of carbonyl (C=O) groups is 1. The van der Waals surface area contributed by atoms with E-state index in [1.54, 1.807) is 0 Å². The predicted molar refractivity (Wildman–Crippen MR) is 66.7 cm³/mol. The van der Waals surface area contributed by atoms with Crippen molar-refractivity contribution in [1.82, 2.24) is 0 Å². The van der Waals surface area contributed by atoms with Crippen LogP contribution in [0.5, 0.6) is 0 Å². The molecule has 0 N–H and O–H groups in total. The molecule has 2 rings (SSSR count). The average Bonchev–Trinajstić information content (AvgIpc) is 2.75. The Kier molecular flexibility index (Phi) is 3.42. The Bertz CT molecular complexity index is 364. The average molecular weight is 216 g/mol. The zero-order valence-electron chi connectivity index (χ0n) is 10.2. The van der Waals surface area contributed by atoms with Gasteiger partial charge in [-0.3, -0.25) is 4.79 Å². The smallest absolute Gasteiger partial charge is 0.165 e. The Morgan fingerprint density at radius 1 is 1.25 bits per heavy atom. The number of benzene rings is 1. The van der Waals surface area contributed by atoms with E-state index in [0.717, 1.165) is 30.7 Å². The van der Waals surface area contributed by atoms with E-state index in [1.807, 2.05) is 12.1 Å². The van der Waals surface area contributed by atoms with E-state index in [4.69, 9.17) is 0 Å². The largest absolute Gasteiger partial charge is 0.294 e. The molecule has 0 spiro atoms. The minimum absolute atomic E-state index is 0.280. The topological polar surface area (TPSA) is 17.1 Å². The van der Waals surface area contributed by atoms with Crippen LogP contribution in [0.25, 0.3) is 0 Å². The van der Waals surface area contributed by atoms with Crippen LogP contribution < -0.4 is 0 Å². The van der Waals surface area contributed by atoms with Crippen molar-refractivity contribution in [2.45, 2.75) is 39.5 Å². The third-order valence-corrected chi connectivity index (χ3v) is 3.71. The fourth-order valence-electron chi connectivity index (χ4n) is 2.59. The first-order valence-corrected chi connectivity index (χ1v) is 6.34. The van der Waals surface area contributed by atoms with Crippen LogP contribution in [-0.4, -0.2) is 5.78 Å². The van der Waals surface area contributed by atoms with Crippen molar-refractivity contribution in [1.29, 1.82) is 0 Å². The molecule has 1 saturated carbocycles. The van der Waals surface area contributed by atoms with Crippen molar-refractivity contribution in [3.05, 3.63) is 35.4 Å². The lowest BCUT2D eigenvalue weighted by Crippen LogP contribution is -2.11. The second-order valence-corrected chi connectivity index (χ2v) is 5.03. The van der Waals surface area contributed by atoms with E-state index < -0.39 is 0 Å². The predicted octanol–water partition coefficient (Wildman–Crippen LogP) is 3.87. The first-order valence-electron chi connectivity index (χ1n) is 6.34. The van der Waals surface area contributed by atoms with Crippen LogP contribution in [-0.2, 0) is 6.42 Å². The molecule has 16 heavy (non-hydrogen) atoms. The van der Waals surface area contributed by atoms with Crippen molar-refractivity contribution in [2.75, 3.05) is 0 Å². The number of carbonyl (C=O) groups excluding carboxylic acids is 1. The molecule has 1 aromatic rings. The highest BCUT2D eigenvalue weighted by Crippen LogP contribution is 2.32. The lowest BCUT2D eigenvalue weighted by atomic mass is 9.94. The molecule has 0 aliphatic heterocycles. The molecule has 1 aliphatic rings. The van der Waals surface area contributed by atoms with E-state index >= 15 is 0 Å². The van der Waals surface area contributed by atoms with Gasteiger partial charge in [0, 0.05) is 11.5 Å². The fraction of sp³-hybridized carbons (Fsp3) is 0.533. The van der Waals surface area contributed by atoms with Crippen LogP contribution in [0, 0.1) is 11.8 Å². The standard InChI is InChI=1S/C15H20O/c1-3-12-5-8-13(9-6-12)15(16)14-7-4-11(2)10-14/h5-6,8-9,11,14H,3-4,7,10H2,1-2H3. The van der Waals surface area contributed by atoms with Gasteiger partial charge < -0.3 is 0 Å². The van der Waals surface area contributed by atoms with Crippen molar-refractivity contribution in [2.24, 2.45) is 11.8 Å². The number of Topliss-reactive ketones (excluding diaryl/α,β-unsaturated/α-hetero) is 1. The molecular formula is C15H20O. The normalized spacial score (nSPS) is 24.6. The lowest BCUT2D eigenvalue weighted by Gasteiger charge is -2.08. The Labute approximate surface area is 97.9 Å². The van der Waals surface area contributed by atoms with Crippen molar-refractivity contribution < 1.29 is 4.79 Å². The van der Waals surface area contributed by atoms with Gasteiger partial charge in [0.15, 0.2) is 5.78 Å². The third-order valence-electron chi connectivity index (χ3n) is 3.71. The number of hydrogen-bond acceptors (Lipinski definition) is 1. The molecule has 0 radical (unpaired) electrons. The molecule has 0 heterocycles. The molecule has 86 valence electrons. The van der Waals surface area contributed by atoms with Crippen molar-refractivity contribution in [3.63, 3.8) is 0 Å². The second-order valence-electron chi connectivity index (χ2n) is 5.03. The molecule has 1 nitrogen and oxygen atoms in total. The SMILES string of the molecule is CCc1ccc(C(=O)C2CCC(C)C2)cc1. The van der Waals surface area contributed by atoms with E-state index in [0.29, 0.717) is 5.78 Å². The van der Waals surface area contributed by atoms with Crippen LogP contribution in [0.2, 0.25) is 0 Å². The van der Waals surface area contributed by atoms with Gasteiger partial charge >= 0.3 is 0 Å². The minimum atomic E-state index is 0.280. The maximum Gasteiger partial charge on any atom is 0.165 e. The first kappa shape index (κ1) is 11.4. The number of rotatable bonds is 3. The Morgan fingerprint density at radius 3 is 2.44 bits per heavy atom. The van der Waals surface area contributed by atoms with E-state index in [9.17, 15) is 4.79 Å². The summed E-state index contributed by atoms with van der Waals surface area (Å²) in [5, 5.41) is 0. The van der Waals surface area contributed by atoms with E-state index in [2.05, 4.69) is 26.0 Å². The van der Waals surface area contributed by atoms with Gasteiger partial charge in [0.2, 0.25) is 0 Å². The maximum absolute atomic E-state index is 12.2. The van der Waals surface area contributed by atoms with Crippen LogP contribution >= 0.6 is 0 Å². The van der Waals surface area contributed by atoms with Crippen LogP contribution in [0.15, 0.2) is 24.3 Å². The zero-order chi connectivity index (χ0) is 11.5. The summed E-state index contributed by atoms with van der Waals surface area (Å²) in [6.07, 6.45) is 4.41. The van der Waals surface area contributed by atoms with Gasteiger partial charge in [0.1, 0.15) is 0 Å². The number of hydrogen-bond donors (Lipinski definition) is 0. The van der Waals surface area contributed by atoms with Gasteiger partial charge in [-0.25, -0.2) is 0 Å². The highest BCUT2D eigenvalue weighted by Gasteiger charge is 2.27. The third kappa shape index (κ3) is 2.34. The highest BCUT2D eigenvalue weighted by molar-refractivity contribution is 5.98. The van der Waals surface area contributed by atoms with Crippen LogP contribution in [0.3, 0.4) is 0 Å². The molecule has 1 aromatic carbocycles. The summed E-state index contributed by atoms with van der Waals surface area (Å²) < 4.78 is 0. The lowest BCUT2D eigenvalue weighted by molar-refractivity contribution is 0.0920. The molecule has 0 aromatic heterocycles. The summed E-state index contributed by atoms with van der Waals surface area (Å²) >= 11 is 0. The zero-order valence-corrected chi connectivity index (χ0v) is 10.2. The van der Waals surface area contributed by atoms with Gasteiger partial charge in [-0.1, -0.05) is 38.1 Å². The molecule has 2 atom stereocenters. The summed E-state index contributed by atoms with van der Waals surface area (Å²) in [6, 6.07) is 8.13. The monoisotopic (exact) mass is 216 g/mol. The van der Waals surface area contributed by atoms with Gasteiger partial charge in [-0.15, -0.1) is 0 Å². The number of aryl methyl sites for hydroxylation is 1. The maximum atomic E-state index is 12.2. The highest BCUT2D eigenvalue weighted by atomic mass is 16.1. The van der Waals surface area contributed by atoms with E-state index in [-0.39, 0.29) is 5.92 Å². The Hall–Kier alpha value is -1.11. The summed E-state index contributed by atoms with van der Waals surface area (Å²) in [7, 11) is 0. The van der Waals surface area contributed by atoms with E-state index in [1.165, 1.54) is 12.0 Å². The molecule has 0 saturated heterocycles. The molecule has 2 unspecified atom stereocenters. The van der Waals surface area contributed by atoms with Gasteiger partial charge in [0.25, 0.3) is 0 Å². The van der Waals surface area contributed by atoms with Crippen LogP contribution in [0.1, 0.15) is 49.0 Å². The van der Waals surface area contributed by atoms with Crippen LogP contribution in [0.4, 0.5) is 0 Å². The summed E-state index contributed by atoms with van der Waals surface area (Å²) in [4.78, 5) is 12.2. The van der Waals surface area contributed by atoms with Crippen molar-refractivity contribution in [3.8, 4) is 0 Å². The van der Waals surface area contributed by atoms with Gasteiger partial charge in [-0.05, 0) is 37.2 Å². The quantitative estimate of drug-likeness (QED) is 0.701. The summed E-state index contributed by atoms with van der Waals surface area (Å²) in [5.74, 6) is 1.36. The Balaban J connectivity index is 2.08. The molecule has 0 bridgehead atoms. The summed E-state index contributed by atoms with van der Waals surface area (Å²) in [5.41, 5.74) is 2.20. The minimum Gasteiger partial charge on any atom is -0.294 e. The second kappa shape index (κ2) is 4.82. The Morgan fingerprint density at radius 2 is 1.94 bits per heavy atom.